The van der Waals surface area contributed by atoms with Gasteiger partial charge in [-0.3, -0.25) is 0 Å². The highest BCUT2D eigenvalue weighted by molar-refractivity contribution is 7.80. The largest absolute Gasteiger partial charge is 0.383 e. The Morgan fingerprint density at radius 3 is 2.88 bits per heavy atom. The van der Waals surface area contributed by atoms with E-state index in [1.54, 1.807) is 7.11 Å². The van der Waals surface area contributed by atoms with Crippen LogP contribution in [-0.4, -0.2) is 44.6 Å². The molecule has 1 rings (SSSR count). The standard InChI is InChI=1S/C12H24N2O2S/c1-10(8-15-2)14-12(17)13-6-3-7-16-9-11-4-5-11/h10-11H,3-9H2,1-2H3,(H2,13,14,17). The summed E-state index contributed by atoms with van der Waals surface area (Å²) in [5.41, 5.74) is 0. The summed E-state index contributed by atoms with van der Waals surface area (Å²) in [5.74, 6) is 0.848. The summed E-state index contributed by atoms with van der Waals surface area (Å²) in [4.78, 5) is 0. The van der Waals surface area contributed by atoms with Crippen molar-refractivity contribution in [3.8, 4) is 0 Å². The van der Waals surface area contributed by atoms with E-state index in [0.717, 1.165) is 32.1 Å². The van der Waals surface area contributed by atoms with Crippen LogP contribution in [0.4, 0.5) is 0 Å². The van der Waals surface area contributed by atoms with E-state index in [-0.39, 0.29) is 6.04 Å². The smallest absolute Gasteiger partial charge is 0.166 e. The molecule has 0 heterocycles. The molecule has 0 aliphatic heterocycles. The molecule has 0 amide bonds. The van der Waals surface area contributed by atoms with Gasteiger partial charge in [0.15, 0.2) is 5.11 Å². The Balaban J connectivity index is 1.85. The van der Waals surface area contributed by atoms with Gasteiger partial charge in [0, 0.05) is 32.9 Å². The molecular formula is C12H24N2O2S. The van der Waals surface area contributed by atoms with Gasteiger partial charge in [0.2, 0.25) is 0 Å². The molecule has 1 fully saturated rings. The first-order valence-electron chi connectivity index (χ1n) is 6.33. The van der Waals surface area contributed by atoms with Crippen molar-refractivity contribution in [3.05, 3.63) is 0 Å². The molecule has 1 aliphatic carbocycles. The summed E-state index contributed by atoms with van der Waals surface area (Å²) in [5, 5.41) is 7.01. The predicted molar refractivity (Wildman–Crippen MR) is 73.2 cm³/mol. The Morgan fingerprint density at radius 2 is 2.24 bits per heavy atom. The van der Waals surface area contributed by atoms with E-state index in [4.69, 9.17) is 21.7 Å². The molecular weight excluding hydrogens is 236 g/mol. The first kappa shape index (κ1) is 14.7. The number of thiocarbonyl (C=S) groups is 1. The summed E-state index contributed by atoms with van der Waals surface area (Å²) in [6.07, 6.45) is 3.69. The minimum Gasteiger partial charge on any atom is -0.383 e. The average molecular weight is 260 g/mol. The number of hydrogen-bond acceptors (Lipinski definition) is 3. The zero-order valence-electron chi connectivity index (χ0n) is 10.8. The van der Waals surface area contributed by atoms with Crippen LogP contribution in [0, 0.1) is 5.92 Å². The predicted octanol–water partition coefficient (Wildman–Crippen LogP) is 1.30. The normalized spacial score (nSPS) is 16.6. The molecule has 0 spiro atoms. The molecule has 100 valence electrons. The molecule has 0 bridgehead atoms. The van der Waals surface area contributed by atoms with E-state index < -0.39 is 0 Å². The first-order chi connectivity index (χ1) is 8.22. The molecule has 0 aromatic rings. The third-order valence-electron chi connectivity index (χ3n) is 2.60. The lowest BCUT2D eigenvalue weighted by atomic mass is 10.4. The van der Waals surface area contributed by atoms with Crippen LogP contribution in [0.2, 0.25) is 0 Å². The number of rotatable bonds is 9. The van der Waals surface area contributed by atoms with E-state index in [1.807, 2.05) is 6.92 Å². The molecule has 17 heavy (non-hydrogen) atoms. The van der Waals surface area contributed by atoms with Gasteiger partial charge >= 0.3 is 0 Å². The molecule has 1 atom stereocenters. The highest BCUT2D eigenvalue weighted by Crippen LogP contribution is 2.28. The van der Waals surface area contributed by atoms with E-state index in [0.29, 0.717) is 11.7 Å². The lowest BCUT2D eigenvalue weighted by Gasteiger charge is -2.16. The van der Waals surface area contributed by atoms with Crippen molar-refractivity contribution in [3.63, 3.8) is 0 Å². The Bertz CT molecular complexity index is 223. The highest BCUT2D eigenvalue weighted by Gasteiger charge is 2.20. The fraction of sp³-hybridized carbons (Fsp3) is 0.917. The molecule has 0 radical (unpaired) electrons. The maximum atomic E-state index is 5.54. The summed E-state index contributed by atoms with van der Waals surface area (Å²) in [6, 6.07) is 0.242. The molecule has 1 saturated carbocycles. The van der Waals surface area contributed by atoms with Crippen molar-refractivity contribution in [2.24, 2.45) is 5.92 Å². The fourth-order valence-corrected chi connectivity index (χ4v) is 1.78. The monoisotopic (exact) mass is 260 g/mol. The van der Waals surface area contributed by atoms with Gasteiger partial charge in [-0.15, -0.1) is 0 Å². The maximum absolute atomic E-state index is 5.54. The topological polar surface area (TPSA) is 42.5 Å². The second-order valence-corrected chi connectivity index (χ2v) is 5.04. The van der Waals surface area contributed by atoms with Gasteiger partial charge in [-0.1, -0.05) is 0 Å². The minimum atomic E-state index is 0.242. The fourth-order valence-electron chi connectivity index (χ4n) is 1.48. The van der Waals surface area contributed by atoms with E-state index in [1.165, 1.54) is 12.8 Å². The molecule has 0 saturated heterocycles. The zero-order chi connectivity index (χ0) is 12.5. The summed E-state index contributed by atoms with van der Waals surface area (Å²) < 4.78 is 10.6. The summed E-state index contributed by atoms with van der Waals surface area (Å²) in [7, 11) is 1.69. The van der Waals surface area contributed by atoms with Crippen LogP contribution in [0.25, 0.3) is 0 Å². The Hall–Kier alpha value is -0.390. The summed E-state index contributed by atoms with van der Waals surface area (Å²) >= 11 is 5.16. The van der Waals surface area contributed by atoms with Crippen LogP contribution in [0.3, 0.4) is 0 Å². The van der Waals surface area contributed by atoms with Crippen molar-refractivity contribution >= 4 is 17.3 Å². The molecule has 1 aliphatic rings. The van der Waals surface area contributed by atoms with E-state index in [9.17, 15) is 0 Å². The van der Waals surface area contributed by atoms with Crippen molar-refractivity contribution in [2.45, 2.75) is 32.2 Å². The van der Waals surface area contributed by atoms with Gasteiger partial charge in [0.1, 0.15) is 0 Å². The maximum Gasteiger partial charge on any atom is 0.166 e. The molecule has 1 unspecified atom stereocenters. The van der Waals surface area contributed by atoms with Gasteiger partial charge in [-0.25, -0.2) is 0 Å². The van der Waals surface area contributed by atoms with Crippen molar-refractivity contribution < 1.29 is 9.47 Å². The molecule has 5 heteroatoms. The molecule has 4 nitrogen and oxygen atoms in total. The lowest BCUT2D eigenvalue weighted by Crippen LogP contribution is -2.42. The first-order valence-corrected chi connectivity index (χ1v) is 6.74. The zero-order valence-corrected chi connectivity index (χ0v) is 11.6. The van der Waals surface area contributed by atoms with Crippen molar-refractivity contribution in [1.82, 2.24) is 10.6 Å². The van der Waals surface area contributed by atoms with Crippen LogP contribution in [0.15, 0.2) is 0 Å². The van der Waals surface area contributed by atoms with Crippen LogP contribution < -0.4 is 10.6 Å². The summed E-state index contributed by atoms with van der Waals surface area (Å²) in [6.45, 7) is 5.31. The number of methoxy groups -OCH3 is 1. The third kappa shape index (κ3) is 8.35. The Morgan fingerprint density at radius 1 is 1.47 bits per heavy atom. The molecule has 0 aromatic heterocycles. The highest BCUT2D eigenvalue weighted by atomic mass is 32.1. The average Bonchev–Trinajstić information content (AvgIpc) is 3.07. The Labute approximate surface area is 109 Å². The van der Waals surface area contributed by atoms with Crippen molar-refractivity contribution in [2.75, 3.05) is 33.5 Å². The quantitative estimate of drug-likeness (QED) is 0.483. The van der Waals surface area contributed by atoms with Gasteiger partial charge in [0.05, 0.1) is 6.61 Å². The SMILES string of the molecule is COCC(C)NC(=S)NCCCOCC1CC1. The third-order valence-corrected chi connectivity index (χ3v) is 2.86. The van der Waals surface area contributed by atoms with Gasteiger partial charge in [0.25, 0.3) is 0 Å². The second-order valence-electron chi connectivity index (χ2n) is 4.63. The minimum absolute atomic E-state index is 0.242. The van der Waals surface area contributed by atoms with Crippen molar-refractivity contribution in [1.29, 1.82) is 0 Å². The van der Waals surface area contributed by atoms with Gasteiger partial charge < -0.3 is 20.1 Å². The van der Waals surface area contributed by atoms with Crippen LogP contribution in [0.5, 0.6) is 0 Å². The van der Waals surface area contributed by atoms with E-state index >= 15 is 0 Å². The molecule has 0 aromatic carbocycles. The van der Waals surface area contributed by atoms with Gasteiger partial charge in [-0.05, 0) is 44.3 Å². The van der Waals surface area contributed by atoms with Crippen LogP contribution >= 0.6 is 12.2 Å². The Kier molecular flexibility index (Phi) is 7.48. The lowest BCUT2D eigenvalue weighted by molar-refractivity contribution is 0.123. The van der Waals surface area contributed by atoms with E-state index in [2.05, 4.69) is 10.6 Å². The number of ether oxygens (including phenoxy) is 2. The van der Waals surface area contributed by atoms with Crippen LogP contribution in [0.1, 0.15) is 26.2 Å². The number of nitrogens with one attached hydrogen (secondary N) is 2. The molecule has 2 N–H and O–H groups in total. The van der Waals surface area contributed by atoms with Gasteiger partial charge in [-0.2, -0.15) is 0 Å². The number of hydrogen-bond donors (Lipinski definition) is 2. The second kappa shape index (κ2) is 8.66. The van der Waals surface area contributed by atoms with Crippen LogP contribution in [-0.2, 0) is 9.47 Å².